The number of aromatic nitrogens is 1. The Hall–Kier alpha value is -2.24. The Morgan fingerprint density at radius 1 is 1.04 bits per heavy atom. The standard InChI is InChI=1S/C20H20FNO2S/c1-2-3-16-12-13-22(20(16)17-6-8-18(21)9-7-17)19-10-4-15(5-11-19)14-25(23)24/h4-13H,2-3,14H2,1H3,(H,23,24). The van der Waals surface area contributed by atoms with Crippen LogP contribution in [0, 0.1) is 5.82 Å². The molecule has 25 heavy (non-hydrogen) atoms. The molecule has 1 N–H and O–H groups in total. The van der Waals surface area contributed by atoms with Gasteiger partial charge in [-0.15, -0.1) is 0 Å². The van der Waals surface area contributed by atoms with Crippen molar-refractivity contribution in [2.24, 2.45) is 0 Å². The minimum Gasteiger partial charge on any atom is -0.316 e. The predicted octanol–water partition coefficient (Wildman–Crippen LogP) is 4.96. The van der Waals surface area contributed by atoms with Crippen LogP contribution < -0.4 is 0 Å². The number of nitrogens with zero attached hydrogens (tertiary/aromatic N) is 1. The molecule has 0 fully saturated rings. The van der Waals surface area contributed by atoms with Crippen molar-refractivity contribution >= 4 is 11.1 Å². The lowest BCUT2D eigenvalue weighted by molar-refractivity contribution is 0.563. The summed E-state index contributed by atoms with van der Waals surface area (Å²) in [6, 6.07) is 16.2. The zero-order valence-corrected chi connectivity index (χ0v) is 14.8. The quantitative estimate of drug-likeness (QED) is 0.634. The van der Waals surface area contributed by atoms with Crippen LogP contribution in [-0.2, 0) is 23.3 Å². The SMILES string of the molecule is CCCc1ccn(-c2ccc(CS(=O)O)cc2)c1-c1ccc(F)cc1. The first-order chi connectivity index (χ1) is 12.1. The molecular formula is C20H20FNO2S. The molecule has 0 bridgehead atoms. The van der Waals surface area contributed by atoms with Gasteiger partial charge in [0, 0.05) is 11.9 Å². The van der Waals surface area contributed by atoms with Crippen LogP contribution in [0.1, 0.15) is 24.5 Å². The molecule has 0 radical (unpaired) electrons. The van der Waals surface area contributed by atoms with E-state index in [1.165, 1.54) is 17.7 Å². The average molecular weight is 357 g/mol. The highest BCUT2D eigenvalue weighted by Crippen LogP contribution is 2.29. The Labute approximate surface area is 149 Å². The van der Waals surface area contributed by atoms with E-state index in [9.17, 15) is 8.60 Å². The van der Waals surface area contributed by atoms with Crippen molar-refractivity contribution in [3.05, 3.63) is 77.7 Å². The molecule has 3 aromatic rings. The molecular weight excluding hydrogens is 337 g/mol. The molecule has 0 saturated heterocycles. The van der Waals surface area contributed by atoms with E-state index in [0.717, 1.165) is 35.3 Å². The highest BCUT2D eigenvalue weighted by molar-refractivity contribution is 7.78. The van der Waals surface area contributed by atoms with Crippen LogP contribution in [0.5, 0.6) is 0 Å². The summed E-state index contributed by atoms with van der Waals surface area (Å²) in [5, 5.41) is 0. The van der Waals surface area contributed by atoms with Gasteiger partial charge in [0.2, 0.25) is 0 Å². The van der Waals surface area contributed by atoms with Crippen LogP contribution in [0.15, 0.2) is 60.8 Å². The molecule has 1 aromatic heterocycles. The topological polar surface area (TPSA) is 42.2 Å². The first-order valence-electron chi connectivity index (χ1n) is 8.21. The summed E-state index contributed by atoms with van der Waals surface area (Å²) in [7, 11) is 0. The molecule has 130 valence electrons. The highest BCUT2D eigenvalue weighted by atomic mass is 32.2. The fourth-order valence-corrected chi connectivity index (χ4v) is 3.46. The average Bonchev–Trinajstić information content (AvgIpc) is 3.00. The molecule has 0 aliphatic carbocycles. The van der Waals surface area contributed by atoms with E-state index in [-0.39, 0.29) is 11.6 Å². The first-order valence-corrected chi connectivity index (χ1v) is 9.49. The molecule has 1 atom stereocenters. The van der Waals surface area contributed by atoms with Crippen molar-refractivity contribution < 1.29 is 13.2 Å². The number of halogens is 1. The summed E-state index contributed by atoms with van der Waals surface area (Å²) in [6.07, 6.45) is 3.99. The van der Waals surface area contributed by atoms with E-state index in [4.69, 9.17) is 4.55 Å². The van der Waals surface area contributed by atoms with Crippen LogP contribution in [0.3, 0.4) is 0 Å². The van der Waals surface area contributed by atoms with Gasteiger partial charge >= 0.3 is 0 Å². The lowest BCUT2D eigenvalue weighted by atomic mass is 10.0. The van der Waals surface area contributed by atoms with Gasteiger partial charge in [0.05, 0.1) is 11.4 Å². The Bertz CT molecular complexity index is 870. The molecule has 0 amide bonds. The summed E-state index contributed by atoms with van der Waals surface area (Å²) in [6.45, 7) is 2.13. The van der Waals surface area contributed by atoms with E-state index in [1.807, 2.05) is 30.5 Å². The molecule has 0 saturated carbocycles. The Morgan fingerprint density at radius 2 is 1.72 bits per heavy atom. The molecule has 3 rings (SSSR count). The van der Waals surface area contributed by atoms with Crippen molar-refractivity contribution in [1.29, 1.82) is 0 Å². The lowest BCUT2D eigenvalue weighted by Gasteiger charge is -2.13. The maximum atomic E-state index is 13.3. The van der Waals surface area contributed by atoms with Gasteiger partial charge < -0.3 is 9.12 Å². The fraction of sp³-hybridized carbons (Fsp3) is 0.200. The van der Waals surface area contributed by atoms with Crippen LogP contribution in [0.25, 0.3) is 16.9 Å². The smallest absolute Gasteiger partial charge is 0.157 e. The first kappa shape index (κ1) is 17.6. The second-order valence-electron chi connectivity index (χ2n) is 5.95. The summed E-state index contributed by atoms with van der Waals surface area (Å²) in [5.41, 5.74) is 5.02. The number of rotatable bonds is 6. The summed E-state index contributed by atoms with van der Waals surface area (Å²) < 4.78 is 35.3. The number of benzene rings is 2. The van der Waals surface area contributed by atoms with Crippen molar-refractivity contribution in [1.82, 2.24) is 4.57 Å². The van der Waals surface area contributed by atoms with Crippen molar-refractivity contribution in [3.63, 3.8) is 0 Å². The van der Waals surface area contributed by atoms with E-state index in [1.54, 1.807) is 12.1 Å². The van der Waals surface area contributed by atoms with E-state index in [2.05, 4.69) is 17.6 Å². The van der Waals surface area contributed by atoms with E-state index >= 15 is 0 Å². The summed E-state index contributed by atoms with van der Waals surface area (Å²) in [4.78, 5) is 0. The van der Waals surface area contributed by atoms with E-state index in [0.29, 0.717) is 0 Å². The minimum atomic E-state index is -1.84. The normalized spacial score (nSPS) is 12.3. The molecule has 1 heterocycles. The maximum Gasteiger partial charge on any atom is 0.157 e. The van der Waals surface area contributed by atoms with Crippen LogP contribution in [0.2, 0.25) is 0 Å². The zero-order valence-electron chi connectivity index (χ0n) is 14.0. The molecule has 3 nitrogen and oxygen atoms in total. The highest BCUT2D eigenvalue weighted by Gasteiger charge is 2.13. The number of hydrogen-bond donors (Lipinski definition) is 1. The van der Waals surface area contributed by atoms with E-state index < -0.39 is 11.1 Å². The van der Waals surface area contributed by atoms with Gasteiger partial charge in [-0.25, -0.2) is 8.60 Å². The minimum absolute atomic E-state index is 0.123. The Balaban J connectivity index is 2.04. The van der Waals surface area contributed by atoms with Crippen LogP contribution in [0.4, 0.5) is 4.39 Å². The maximum absolute atomic E-state index is 13.3. The van der Waals surface area contributed by atoms with Gasteiger partial charge in [-0.3, -0.25) is 0 Å². The molecule has 0 spiro atoms. The zero-order chi connectivity index (χ0) is 17.8. The second kappa shape index (κ2) is 7.76. The molecule has 5 heteroatoms. The van der Waals surface area contributed by atoms with Gasteiger partial charge in [-0.1, -0.05) is 25.5 Å². The third-order valence-electron chi connectivity index (χ3n) is 4.11. The van der Waals surface area contributed by atoms with Crippen molar-refractivity contribution in [2.45, 2.75) is 25.5 Å². The number of aryl methyl sites for hydroxylation is 1. The van der Waals surface area contributed by atoms with Gasteiger partial charge in [-0.2, -0.15) is 0 Å². The third kappa shape index (κ3) is 4.06. The number of hydrogen-bond acceptors (Lipinski definition) is 1. The molecule has 1 unspecified atom stereocenters. The van der Waals surface area contributed by atoms with Gasteiger partial charge in [-0.05, 0) is 65.6 Å². The Morgan fingerprint density at radius 3 is 2.32 bits per heavy atom. The van der Waals surface area contributed by atoms with Crippen LogP contribution >= 0.6 is 0 Å². The second-order valence-corrected chi connectivity index (χ2v) is 6.88. The fourth-order valence-electron chi connectivity index (χ4n) is 2.99. The predicted molar refractivity (Wildman–Crippen MR) is 99.6 cm³/mol. The van der Waals surface area contributed by atoms with Gasteiger partial charge in [0.25, 0.3) is 0 Å². The van der Waals surface area contributed by atoms with Crippen molar-refractivity contribution in [2.75, 3.05) is 0 Å². The lowest BCUT2D eigenvalue weighted by Crippen LogP contribution is -1.99. The van der Waals surface area contributed by atoms with Gasteiger partial charge in [0.1, 0.15) is 5.82 Å². The van der Waals surface area contributed by atoms with Crippen LogP contribution in [-0.4, -0.2) is 13.3 Å². The third-order valence-corrected chi connectivity index (χ3v) is 4.69. The largest absolute Gasteiger partial charge is 0.316 e. The summed E-state index contributed by atoms with van der Waals surface area (Å²) in [5.74, 6) is -0.127. The van der Waals surface area contributed by atoms with Crippen molar-refractivity contribution in [3.8, 4) is 16.9 Å². The molecule has 0 aliphatic rings. The Kier molecular flexibility index (Phi) is 5.46. The molecule has 0 aliphatic heterocycles. The van der Waals surface area contributed by atoms with Gasteiger partial charge in [0.15, 0.2) is 11.1 Å². The monoisotopic (exact) mass is 357 g/mol. The molecule has 2 aromatic carbocycles. The summed E-state index contributed by atoms with van der Waals surface area (Å²) >= 11 is -1.84.